The Bertz CT molecular complexity index is 989. The lowest BCUT2D eigenvalue weighted by atomic mass is 9.81. The SMILES string of the molecule is Cc1cc(C)c(-c2cc(C(C)C)c(C(C)(C)C)c[n+]2C)cc1-c1ccccc1. The Morgan fingerprint density at radius 3 is 2.00 bits per heavy atom. The summed E-state index contributed by atoms with van der Waals surface area (Å²) >= 11 is 0. The number of nitrogens with zero attached hydrogens (tertiary/aromatic N) is 1. The summed E-state index contributed by atoms with van der Waals surface area (Å²) in [5.41, 5.74) is 10.8. The first-order valence-electron chi connectivity index (χ1n) is 10.3. The van der Waals surface area contributed by atoms with Crippen molar-refractivity contribution in [2.24, 2.45) is 7.05 Å². The lowest BCUT2D eigenvalue weighted by Gasteiger charge is -2.24. The van der Waals surface area contributed by atoms with Crippen LogP contribution in [-0.4, -0.2) is 0 Å². The van der Waals surface area contributed by atoms with Gasteiger partial charge in [0.2, 0.25) is 5.69 Å². The fourth-order valence-electron chi connectivity index (χ4n) is 4.09. The van der Waals surface area contributed by atoms with E-state index in [1.54, 1.807) is 0 Å². The summed E-state index contributed by atoms with van der Waals surface area (Å²) in [7, 11) is 2.18. The Morgan fingerprint density at radius 1 is 0.821 bits per heavy atom. The van der Waals surface area contributed by atoms with E-state index in [1.807, 2.05) is 0 Å². The fraction of sp³-hybridized carbons (Fsp3) is 0.370. The molecule has 0 aliphatic rings. The average molecular weight is 373 g/mol. The number of pyridine rings is 1. The van der Waals surface area contributed by atoms with Gasteiger partial charge in [-0.05, 0) is 59.1 Å². The number of aryl methyl sites for hydroxylation is 3. The lowest BCUT2D eigenvalue weighted by molar-refractivity contribution is -0.661. The predicted molar refractivity (Wildman–Crippen MR) is 121 cm³/mol. The summed E-state index contributed by atoms with van der Waals surface area (Å²) < 4.78 is 2.30. The fourth-order valence-corrected chi connectivity index (χ4v) is 4.09. The molecule has 0 bridgehead atoms. The maximum atomic E-state index is 2.41. The van der Waals surface area contributed by atoms with Crippen molar-refractivity contribution in [2.45, 2.75) is 59.8 Å². The highest BCUT2D eigenvalue weighted by Crippen LogP contribution is 2.35. The van der Waals surface area contributed by atoms with Crippen LogP contribution < -0.4 is 4.57 Å². The van der Waals surface area contributed by atoms with Gasteiger partial charge in [-0.2, -0.15) is 0 Å². The van der Waals surface area contributed by atoms with Crippen molar-refractivity contribution in [1.82, 2.24) is 0 Å². The third-order valence-electron chi connectivity index (χ3n) is 5.67. The summed E-state index contributed by atoms with van der Waals surface area (Å²) in [5.74, 6) is 0.494. The molecule has 28 heavy (non-hydrogen) atoms. The van der Waals surface area contributed by atoms with E-state index in [-0.39, 0.29) is 5.41 Å². The quantitative estimate of drug-likeness (QED) is 0.441. The van der Waals surface area contributed by atoms with Crippen LogP contribution in [0.4, 0.5) is 0 Å². The minimum Gasteiger partial charge on any atom is -0.201 e. The van der Waals surface area contributed by atoms with E-state index in [0.29, 0.717) is 5.92 Å². The highest BCUT2D eigenvalue weighted by Gasteiger charge is 2.26. The van der Waals surface area contributed by atoms with Gasteiger partial charge in [0.1, 0.15) is 7.05 Å². The second kappa shape index (κ2) is 7.54. The first kappa shape index (κ1) is 20.3. The topological polar surface area (TPSA) is 3.88 Å². The molecule has 3 rings (SSSR count). The van der Waals surface area contributed by atoms with Gasteiger partial charge >= 0.3 is 0 Å². The Kier molecular flexibility index (Phi) is 5.48. The molecule has 0 amide bonds. The molecule has 0 unspecified atom stereocenters. The van der Waals surface area contributed by atoms with Gasteiger partial charge in [-0.1, -0.05) is 71.0 Å². The first-order chi connectivity index (χ1) is 13.1. The molecule has 0 spiro atoms. The summed E-state index contributed by atoms with van der Waals surface area (Å²) in [6.45, 7) is 15.9. The Hall–Kier alpha value is -2.41. The molecule has 146 valence electrons. The van der Waals surface area contributed by atoms with E-state index < -0.39 is 0 Å². The molecule has 1 aromatic heterocycles. The van der Waals surface area contributed by atoms with Crippen molar-refractivity contribution in [1.29, 1.82) is 0 Å². The standard InChI is InChI=1S/C27H34N/c1-18(2)22-16-26(28(8)17-25(22)27(5,6)7)24-15-23(19(3)14-20(24)4)21-12-10-9-11-13-21/h9-18H,1-8H3/q+1. The third kappa shape index (κ3) is 3.90. The van der Waals surface area contributed by atoms with E-state index in [0.717, 1.165) is 0 Å². The predicted octanol–water partition coefficient (Wildman–Crippen LogP) is 6.88. The van der Waals surface area contributed by atoms with Crippen LogP contribution in [0.5, 0.6) is 0 Å². The molecular formula is C27H34N+. The molecule has 0 atom stereocenters. The van der Waals surface area contributed by atoms with Crippen LogP contribution >= 0.6 is 0 Å². The van der Waals surface area contributed by atoms with Gasteiger partial charge < -0.3 is 0 Å². The van der Waals surface area contributed by atoms with E-state index in [9.17, 15) is 0 Å². The minimum atomic E-state index is 0.132. The van der Waals surface area contributed by atoms with Crippen LogP contribution in [0.25, 0.3) is 22.4 Å². The van der Waals surface area contributed by atoms with Gasteiger partial charge in [0.25, 0.3) is 0 Å². The molecule has 2 aromatic carbocycles. The van der Waals surface area contributed by atoms with E-state index in [1.165, 1.54) is 44.6 Å². The van der Waals surface area contributed by atoms with Gasteiger partial charge in [0.15, 0.2) is 6.20 Å². The van der Waals surface area contributed by atoms with E-state index >= 15 is 0 Å². The summed E-state index contributed by atoms with van der Waals surface area (Å²) in [4.78, 5) is 0. The molecule has 3 aromatic rings. The van der Waals surface area contributed by atoms with Crippen molar-refractivity contribution in [3.05, 3.63) is 77.0 Å². The minimum absolute atomic E-state index is 0.132. The summed E-state index contributed by atoms with van der Waals surface area (Å²) in [6, 6.07) is 17.8. The van der Waals surface area contributed by atoms with Crippen LogP contribution in [0, 0.1) is 13.8 Å². The second-order valence-corrected chi connectivity index (χ2v) is 9.39. The van der Waals surface area contributed by atoms with Crippen LogP contribution in [0.3, 0.4) is 0 Å². The van der Waals surface area contributed by atoms with Crippen molar-refractivity contribution in [3.63, 3.8) is 0 Å². The Morgan fingerprint density at radius 2 is 1.43 bits per heavy atom. The molecule has 0 saturated heterocycles. The average Bonchev–Trinajstić information content (AvgIpc) is 2.62. The van der Waals surface area contributed by atoms with Crippen LogP contribution in [0.1, 0.15) is 62.8 Å². The lowest BCUT2D eigenvalue weighted by Crippen LogP contribution is -2.34. The van der Waals surface area contributed by atoms with Crippen molar-refractivity contribution >= 4 is 0 Å². The number of rotatable bonds is 3. The number of hydrogen-bond acceptors (Lipinski definition) is 0. The van der Waals surface area contributed by atoms with Gasteiger partial charge in [0.05, 0.1) is 0 Å². The zero-order valence-electron chi connectivity index (χ0n) is 18.7. The highest BCUT2D eigenvalue weighted by atomic mass is 14.9. The van der Waals surface area contributed by atoms with E-state index in [4.69, 9.17) is 0 Å². The molecule has 1 heteroatoms. The second-order valence-electron chi connectivity index (χ2n) is 9.39. The van der Waals surface area contributed by atoms with E-state index in [2.05, 4.69) is 115 Å². The molecule has 1 heterocycles. The van der Waals surface area contributed by atoms with Crippen LogP contribution in [0.15, 0.2) is 54.7 Å². The zero-order chi connectivity index (χ0) is 20.6. The summed E-state index contributed by atoms with van der Waals surface area (Å²) in [6.07, 6.45) is 2.34. The maximum Gasteiger partial charge on any atom is 0.212 e. The Labute approximate surface area is 171 Å². The van der Waals surface area contributed by atoms with Crippen molar-refractivity contribution < 1.29 is 4.57 Å². The molecule has 0 N–H and O–H groups in total. The van der Waals surface area contributed by atoms with Crippen LogP contribution in [0.2, 0.25) is 0 Å². The maximum absolute atomic E-state index is 2.41. The molecule has 0 aliphatic carbocycles. The largest absolute Gasteiger partial charge is 0.212 e. The van der Waals surface area contributed by atoms with Gasteiger partial charge in [0, 0.05) is 17.2 Å². The summed E-state index contributed by atoms with van der Waals surface area (Å²) in [5, 5.41) is 0. The van der Waals surface area contributed by atoms with Gasteiger partial charge in [-0.3, -0.25) is 0 Å². The Balaban J connectivity index is 2.25. The monoisotopic (exact) mass is 372 g/mol. The smallest absolute Gasteiger partial charge is 0.201 e. The molecule has 0 aliphatic heterocycles. The molecule has 1 nitrogen and oxygen atoms in total. The highest BCUT2D eigenvalue weighted by molar-refractivity contribution is 5.75. The zero-order valence-corrected chi connectivity index (χ0v) is 18.7. The van der Waals surface area contributed by atoms with Gasteiger partial charge in [-0.15, -0.1) is 0 Å². The van der Waals surface area contributed by atoms with Crippen molar-refractivity contribution in [3.8, 4) is 22.4 Å². The number of benzene rings is 2. The number of aromatic nitrogens is 1. The molecule has 0 radical (unpaired) electrons. The number of hydrogen-bond donors (Lipinski definition) is 0. The molecule has 0 saturated carbocycles. The normalized spacial score (nSPS) is 11.9. The van der Waals surface area contributed by atoms with Crippen LogP contribution in [-0.2, 0) is 12.5 Å². The van der Waals surface area contributed by atoms with Gasteiger partial charge in [-0.25, -0.2) is 4.57 Å². The first-order valence-corrected chi connectivity index (χ1v) is 10.3. The van der Waals surface area contributed by atoms with Crippen molar-refractivity contribution in [2.75, 3.05) is 0 Å². The molecule has 0 fully saturated rings. The third-order valence-corrected chi connectivity index (χ3v) is 5.67. The molecular weight excluding hydrogens is 338 g/mol.